The van der Waals surface area contributed by atoms with Gasteiger partial charge in [0.05, 0.1) is 21.5 Å². The summed E-state index contributed by atoms with van der Waals surface area (Å²) in [6, 6.07) is 18.9. The molecule has 1 aliphatic rings. The van der Waals surface area contributed by atoms with Crippen LogP contribution in [0.15, 0.2) is 80.6 Å². The highest BCUT2D eigenvalue weighted by molar-refractivity contribution is 9.10. The number of carbonyl (C=O) groups excluding carboxylic acids is 3. The highest BCUT2D eigenvalue weighted by Crippen LogP contribution is 2.35. The Labute approximate surface area is 216 Å². The second-order valence-corrected chi connectivity index (χ2v) is 10.2. The number of hydrogen-bond acceptors (Lipinski definition) is 5. The number of rotatable bonds is 5. The van der Waals surface area contributed by atoms with Crippen molar-refractivity contribution in [1.29, 1.82) is 0 Å². The predicted molar refractivity (Wildman–Crippen MR) is 136 cm³/mol. The summed E-state index contributed by atoms with van der Waals surface area (Å²) >= 11 is 13.5. The monoisotopic (exact) mass is 605 g/mol. The molecular formula is C24H14Br2ClNO4S. The van der Waals surface area contributed by atoms with Crippen molar-refractivity contribution in [2.24, 2.45) is 0 Å². The van der Waals surface area contributed by atoms with E-state index < -0.39 is 5.97 Å². The fourth-order valence-electron chi connectivity index (χ4n) is 2.99. The van der Waals surface area contributed by atoms with Gasteiger partial charge in [-0.05, 0) is 93.4 Å². The van der Waals surface area contributed by atoms with Crippen LogP contribution >= 0.6 is 55.2 Å². The van der Waals surface area contributed by atoms with Gasteiger partial charge in [-0.25, -0.2) is 4.79 Å². The molecule has 3 aromatic rings. The predicted octanol–water partition coefficient (Wildman–Crippen LogP) is 7.32. The van der Waals surface area contributed by atoms with Crippen molar-refractivity contribution in [3.8, 4) is 5.75 Å². The lowest BCUT2D eigenvalue weighted by Crippen LogP contribution is -2.27. The first-order valence-electron chi connectivity index (χ1n) is 9.57. The molecule has 33 heavy (non-hydrogen) atoms. The Morgan fingerprint density at radius 2 is 1.70 bits per heavy atom. The fourth-order valence-corrected chi connectivity index (χ4v) is 4.70. The van der Waals surface area contributed by atoms with Gasteiger partial charge in [-0.15, -0.1) is 0 Å². The molecule has 0 spiro atoms. The SMILES string of the molecule is O=C(Oc1ccc(/C=C2\SC(=O)N(Cc3ccc(Br)cc3)C2=O)cc1Br)c1ccc(Cl)cc1. The van der Waals surface area contributed by atoms with Crippen molar-refractivity contribution in [1.82, 2.24) is 4.90 Å². The summed E-state index contributed by atoms with van der Waals surface area (Å²) in [7, 11) is 0. The Morgan fingerprint density at radius 3 is 2.36 bits per heavy atom. The third-order valence-electron chi connectivity index (χ3n) is 4.66. The molecule has 3 aromatic carbocycles. The van der Waals surface area contributed by atoms with Gasteiger partial charge >= 0.3 is 5.97 Å². The summed E-state index contributed by atoms with van der Waals surface area (Å²) in [5.74, 6) is -0.535. The number of hydrogen-bond donors (Lipinski definition) is 0. The molecule has 0 radical (unpaired) electrons. The standard InChI is InChI=1S/C24H14Br2ClNO4S/c25-17-6-1-14(2-7-17)13-28-22(29)21(33-24(28)31)12-15-3-10-20(19(26)11-15)32-23(30)16-4-8-18(27)9-5-16/h1-12H,13H2/b21-12-. The number of amides is 2. The molecule has 4 rings (SSSR count). The molecule has 1 fully saturated rings. The molecule has 9 heteroatoms. The summed E-state index contributed by atoms with van der Waals surface area (Å²) in [6.07, 6.45) is 1.64. The Morgan fingerprint density at radius 1 is 1.00 bits per heavy atom. The van der Waals surface area contributed by atoms with E-state index in [-0.39, 0.29) is 17.7 Å². The molecule has 1 saturated heterocycles. The molecule has 0 bridgehead atoms. The Balaban J connectivity index is 1.47. The Kier molecular flexibility index (Phi) is 7.38. The van der Waals surface area contributed by atoms with Gasteiger partial charge in [0, 0.05) is 9.50 Å². The average Bonchev–Trinajstić information content (AvgIpc) is 3.04. The zero-order valence-corrected chi connectivity index (χ0v) is 21.5. The van der Waals surface area contributed by atoms with E-state index >= 15 is 0 Å². The largest absolute Gasteiger partial charge is 0.422 e. The van der Waals surface area contributed by atoms with E-state index in [2.05, 4.69) is 31.9 Å². The van der Waals surface area contributed by atoms with Gasteiger partial charge in [0.2, 0.25) is 0 Å². The summed E-state index contributed by atoms with van der Waals surface area (Å²) in [5.41, 5.74) is 1.91. The molecule has 0 atom stereocenters. The van der Waals surface area contributed by atoms with Gasteiger partial charge in [-0.2, -0.15) is 0 Å². The summed E-state index contributed by atoms with van der Waals surface area (Å²) in [4.78, 5) is 39.1. The summed E-state index contributed by atoms with van der Waals surface area (Å²) < 4.78 is 6.90. The van der Waals surface area contributed by atoms with Crippen LogP contribution in [0, 0.1) is 0 Å². The highest BCUT2D eigenvalue weighted by Gasteiger charge is 2.35. The van der Waals surface area contributed by atoms with E-state index in [1.54, 1.807) is 48.5 Å². The minimum absolute atomic E-state index is 0.207. The van der Waals surface area contributed by atoms with Crippen molar-refractivity contribution in [2.45, 2.75) is 6.54 Å². The van der Waals surface area contributed by atoms with Crippen molar-refractivity contribution in [3.63, 3.8) is 0 Å². The number of halogens is 3. The van der Waals surface area contributed by atoms with Crippen LogP contribution in [0.2, 0.25) is 5.02 Å². The molecule has 2 amide bonds. The minimum atomic E-state index is -0.519. The van der Waals surface area contributed by atoms with E-state index in [0.717, 1.165) is 21.8 Å². The van der Waals surface area contributed by atoms with Gasteiger partial charge in [0.15, 0.2) is 0 Å². The lowest BCUT2D eigenvalue weighted by Gasteiger charge is -2.12. The first-order valence-corrected chi connectivity index (χ1v) is 12.4. The summed E-state index contributed by atoms with van der Waals surface area (Å²) in [5, 5.41) is 0.208. The second kappa shape index (κ2) is 10.3. The van der Waals surface area contributed by atoms with Crippen molar-refractivity contribution < 1.29 is 19.1 Å². The zero-order valence-electron chi connectivity index (χ0n) is 16.8. The summed E-state index contributed by atoms with van der Waals surface area (Å²) in [6.45, 7) is 0.207. The number of benzene rings is 3. The van der Waals surface area contributed by atoms with Crippen LogP contribution in [-0.2, 0) is 11.3 Å². The third-order valence-corrected chi connectivity index (χ3v) is 6.97. The van der Waals surface area contributed by atoms with Crippen LogP contribution in [0.3, 0.4) is 0 Å². The molecular weight excluding hydrogens is 594 g/mol. The highest BCUT2D eigenvalue weighted by atomic mass is 79.9. The maximum Gasteiger partial charge on any atom is 0.343 e. The molecule has 0 N–H and O–H groups in total. The van der Waals surface area contributed by atoms with Gasteiger partial charge in [0.25, 0.3) is 11.1 Å². The normalized spacial score (nSPS) is 14.8. The van der Waals surface area contributed by atoms with Crippen LogP contribution < -0.4 is 4.74 Å². The van der Waals surface area contributed by atoms with E-state index in [9.17, 15) is 14.4 Å². The lowest BCUT2D eigenvalue weighted by atomic mass is 10.2. The van der Waals surface area contributed by atoms with Crippen LogP contribution in [0.1, 0.15) is 21.5 Å². The van der Waals surface area contributed by atoms with E-state index in [1.165, 1.54) is 4.90 Å². The molecule has 1 aliphatic heterocycles. The number of ether oxygens (including phenoxy) is 1. The van der Waals surface area contributed by atoms with Crippen molar-refractivity contribution >= 4 is 78.4 Å². The topological polar surface area (TPSA) is 63.7 Å². The third kappa shape index (κ3) is 5.76. The smallest absolute Gasteiger partial charge is 0.343 e. The first kappa shape index (κ1) is 23.8. The quantitative estimate of drug-likeness (QED) is 0.173. The second-order valence-electron chi connectivity index (χ2n) is 6.98. The fraction of sp³-hybridized carbons (Fsp3) is 0.0417. The van der Waals surface area contributed by atoms with Crippen LogP contribution in [0.25, 0.3) is 6.08 Å². The lowest BCUT2D eigenvalue weighted by molar-refractivity contribution is -0.123. The van der Waals surface area contributed by atoms with Crippen molar-refractivity contribution in [3.05, 3.63) is 102 Å². The van der Waals surface area contributed by atoms with Crippen LogP contribution in [0.5, 0.6) is 5.75 Å². The first-order chi connectivity index (χ1) is 15.8. The number of imide groups is 1. The van der Waals surface area contributed by atoms with Crippen LogP contribution in [0.4, 0.5) is 4.79 Å². The zero-order chi connectivity index (χ0) is 23.5. The molecule has 0 saturated carbocycles. The molecule has 0 aliphatic carbocycles. The number of carbonyl (C=O) groups is 3. The van der Waals surface area contributed by atoms with E-state index in [1.807, 2.05) is 24.3 Å². The molecule has 166 valence electrons. The van der Waals surface area contributed by atoms with Crippen molar-refractivity contribution in [2.75, 3.05) is 0 Å². The Hall–Kier alpha value is -2.39. The molecule has 5 nitrogen and oxygen atoms in total. The maximum absolute atomic E-state index is 12.8. The van der Waals surface area contributed by atoms with E-state index in [4.69, 9.17) is 16.3 Å². The van der Waals surface area contributed by atoms with Gasteiger partial charge < -0.3 is 4.74 Å². The van der Waals surface area contributed by atoms with Gasteiger partial charge in [0.1, 0.15) is 5.75 Å². The molecule has 1 heterocycles. The number of thioether (sulfide) groups is 1. The minimum Gasteiger partial charge on any atom is -0.422 e. The van der Waals surface area contributed by atoms with E-state index in [0.29, 0.717) is 31.3 Å². The Bertz CT molecular complexity index is 1280. The van der Waals surface area contributed by atoms with Gasteiger partial charge in [-0.1, -0.05) is 45.7 Å². The van der Waals surface area contributed by atoms with Crippen LogP contribution in [-0.4, -0.2) is 22.0 Å². The number of esters is 1. The van der Waals surface area contributed by atoms with Gasteiger partial charge in [-0.3, -0.25) is 14.5 Å². The molecule has 0 aromatic heterocycles. The average molecular weight is 608 g/mol. The maximum atomic E-state index is 12.8. The molecule has 0 unspecified atom stereocenters. The number of nitrogens with zero attached hydrogens (tertiary/aromatic N) is 1.